The summed E-state index contributed by atoms with van der Waals surface area (Å²) in [5.41, 5.74) is 4.28. The minimum absolute atomic E-state index is 0.0528. The van der Waals surface area contributed by atoms with Gasteiger partial charge < -0.3 is 4.90 Å². The second-order valence-corrected chi connectivity index (χ2v) is 6.44. The normalized spacial score (nSPS) is 16.3. The van der Waals surface area contributed by atoms with Crippen LogP contribution in [-0.2, 0) is 6.42 Å². The van der Waals surface area contributed by atoms with Gasteiger partial charge in [0.25, 0.3) is 5.91 Å². The van der Waals surface area contributed by atoms with E-state index in [2.05, 4.69) is 34.5 Å². The lowest BCUT2D eigenvalue weighted by Gasteiger charge is -2.33. The smallest absolute Gasteiger partial charge is 0.254 e. The van der Waals surface area contributed by atoms with Crippen LogP contribution in [0, 0.1) is 0 Å². The molecule has 126 valence electrons. The van der Waals surface area contributed by atoms with Gasteiger partial charge in [-0.15, -0.1) is 10.2 Å². The largest absolute Gasteiger partial charge is 0.335 e. The fraction of sp³-hybridized carbons (Fsp3) is 0.250. The standard InChI is InChI=1S/C20H20N4O/c1-23(19-8-4-6-15-5-2-3-7-18(15)19)20(25)16-9-11-17(12-10-16)24-13-21-22-14-24/h2-3,5,7,9-14,19H,4,6,8H2,1H3/t19-/m0/s1. The lowest BCUT2D eigenvalue weighted by Crippen LogP contribution is -2.33. The topological polar surface area (TPSA) is 51.0 Å². The van der Waals surface area contributed by atoms with Crippen LogP contribution in [0.25, 0.3) is 5.69 Å². The van der Waals surface area contributed by atoms with Gasteiger partial charge >= 0.3 is 0 Å². The Labute approximate surface area is 146 Å². The number of carbonyl (C=O) groups is 1. The molecule has 5 heteroatoms. The lowest BCUT2D eigenvalue weighted by molar-refractivity contribution is 0.0715. The van der Waals surface area contributed by atoms with Crippen molar-refractivity contribution >= 4 is 5.91 Å². The molecule has 0 bridgehead atoms. The highest BCUT2D eigenvalue weighted by Gasteiger charge is 2.27. The minimum Gasteiger partial charge on any atom is -0.335 e. The highest BCUT2D eigenvalue weighted by molar-refractivity contribution is 5.94. The first-order valence-corrected chi connectivity index (χ1v) is 8.54. The lowest BCUT2D eigenvalue weighted by atomic mass is 9.87. The molecule has 0 aliphatic heterocycles. The number of aryl methyl sites for hydroxylation is 1. The predicted octanol–water partition coefficient (Wildman–Crippen LogP) is 3.42. The number of hydrogen-bond donors (Lipinski definition) is 0. The van der Waals surface area contributed by atoms with Crippen LogP contribution in [0.5, 0.6) is 0 Å². The summed E-state index contributed by atoms with van der Waals surface area (Å²) in [4.78, 5) is 14.8. The number of nitrogens with zero attached hydrogens (tertiary/aromatic N) is 4. The Balaban J connectivity index is 1.57. The average molecular weight is 332 g/mol. The van der Waals surface area contributed by atoms with Gasteiger partial charge in [0.15, 0.2) is 0 Å². The van der Waals surface area contributed by atoms with Gasteiger partial charge in [-0.25, -0.2) is 0 Å². The molecular weight excluding hydrogens is 312 g/mol. The van der Waals surface area contributed by atoms with Crippen LogP contribution in [-0.4, -0.2) is 32.6 Å². The molecule has 0 radical (unpaired) electrons. The Bertz CT molecular complexity index is 871. The summed E-state index contributed by atoms with van der Waals surface area (Å²) >= 11 is 0. The van der Waals surface area contributed by atoms with E-state index in [1.807, 2.05) is 40.8 Å². The van der Waals surface area contributed by atoms with Crippen molar-refractivity contribution in [2.75, 3.05) is 7.05 Å². The van der Waals surface area contributed by atoms with Crippen LogP contribution in [0.15, 0.2) is 61.2 Å². The van der Waals surface area contributed by atoms with Gasteiger partial charge in [-0.3, -0.25) is 9.36 Å². The van der Waals surface area contributed by atoms with Gasteiger partial charge in [0.2, 0.25) is 0 Å². The third-order valence-corrected chi connectivity index (χ3v) is 4.96. The number of amides is 1. The van der Waals surface area contributed by atoms with Gasteiger partial charge in [-0.2, -0.15) is 0 Å². The van der Waals surface area contributed by atoms with E-state index < -0.39 is 0 Å². The fourth-order valence-corrected chi connectivity index (χ4v) is 3.59. The Morgan fingerprint density at radius 2 is 1.80 bits per heavy atom. The van der Waals surface area contributed by atoms with E-state index in [1.54, 1.807) is 12.7 Å². The maximum atomic E-state index is 12.9. The quantitative estimate of drug-likeness (QED) is 0.738. The van der Waals surface area contributed by atoms with Crippen LogP contribution in [0.1, 0.15) is 40.4 Å². The van der Waals surface area contributed by atoms with Crippen LogP contribution >= 0.6 is 0 Å². The Hall–Kier alpha value is -2.95. The van der Waals surface area contributed by atoms with Gasteiger partial charge in [-0.05, 0) is 54.7 Å². The average Bonchev–Trinajstić information content (AvgIpc) is 3.21. The second kappa shape index (κ2) is 6.51. The summed E-state index contributed by atoms with van der Waals surface area (Å²) in [5.74, 6) is 0.0528. The van der Waals surface area contributed by atoms with E-state index in [0.717, 1.165) is 24.9 Å². The number of fused-ring (bicyclic) bond motifs is 1. The van der Waals surface area contributed by atoms with Crippen LogP contribution in [0.2, 0.25) is 0 Å². The van der Waals surface area contributed by atoms with Gasteiger partial charge in [-0.1, -0.05) is 24.3 Å². The zero-order chi connectivity index (χ0) is 17.2. The molecule has 1 aliphatic rings. The van der Waals surface area contributed by atoms with E-state index in [1.165, 1.54) is 11.1 Å². The van der Waals surface area contributed by atoms with Crippen molar-refractivity contribution in [3.8, 4) is 5.69 Å². The van der Waals surface area contributed by atoms with E-state index in [-0.39, 0.29) is 11.9 Å². The molecule has 1 aliphatic carbocycles. The van der Waals surface area contributed by atoms with E-state index in [9.17, 15) is 4.79 Å². The molecular formula is C20H20N4O. The van der Waals surface area contributed by atoms with Crippen molar-refractivity contribution in [2.24, 2.45) is 0 Å². The van der Waals surface area contributed by atoms with Crippen molar-refractivity contribution in [1.29, 1.82) is 0 Å². The maximum Gasteiger partial charge on any atom is 0.254 e. The van der Waals surface area contributed by atoms with E-state index >= 15 is 0 Å². The Kier molecular flexibility index (Phi) is 4.06. The molecule has 0 fully saturated rings. The third-order valence-electron chi connectivity index (χ3n) is 4.96. The third kappa shape index (κ3) is 2.93. The van der Waals surface area contributed by atoms with Gasteiger partial charge in [0.1, 0.15) is 12.7 Å². The monoisotopic (exact) mass is 332 g/mol. The molecule has 0 spiro atoms. The second-order valence-electron chi connectivity index (χ2n) is 6.44. The summed E-state index contributed by atoms with van der Waals surface area (Å²) < 4.78 is 1.81. The molecule has 1 atom stereocenters. The number of aromatic nitrogens is 3. The summed E-state index contributed by atoms with van der Waals surface area (Å²) in [5, 5.41) is 7.61. The predicted molar refractivity (Wildman–Crippen MR) is 95.6 cm³/mol. The van der Waals surface area contributed by atoms with Crippen molar-refractivity contribution < 1.29 is 4.79 Å². The molecule has 0 unspecified atom stereocenters. The molecule has 4 rings (SSSR count). The molecule has 5 nitrogen and oxygen atoms in total. The highest BCUT2D eigenvalue weighted by atomic mass is 16.2. The molecule has 2 aromatic carbocycles. The first kappa shape index (κ1) is 15.6. The van der Waals surface area contributed by atoms with Crippen molar-refractivity contribution in [3.05, 3.63) is 77.9 Å². The number of rotatable bonds is 3. The first-order valence-electron chi connectivity index (χ1n) is 8.54. The van der Waals surface area contributed by atoms with Crippen LogP contribution in [0.3, 0.4) is 0 Å². The van der Waals surface area contributed by atoms with Crippen molar-refractivity contribution in [1.82, 2.24) is 19.7 Å². The van der Waals surface area contributed by atoms with E-state index in [0.29, 0.717) is 5.56 Å². The summed E-state index contributed by atoms with van der Waals surface area (Å²) in [7, 11) is 1.91. The number of hydrogen-bond acceptors (Lipinski definition) is 3. The molecule has 0 saturated carbocycles. The van der Waals surface area contributed by atoms with Gasteiger partial charge in [0, 0.05) is 18.3 Å². The number of carbonyl (C=O) groups excluding carboxylic acids is 1. The van der Waals surface area contributed by atoms with Crippen LogP contribution < -0.4 is 0 Å². The van der Waals surface area contributed by atoms with Crippen molar-refractivity contribution in [2.45, 2.75) is 25.3 Å². The zero-order valence-corrected chi connectivity index (χ0v) is 14.2. The summed E-state index contributed by atoms with van der Waals surface area (Å²) in [6.07, 6.45) is 6.51. The highest BCUT2D eigenvalue weighted by Crippen LogP contribution is 2.34. The molecule has 25 heavy (non-hydrogen) atoms. The molecule has 1 heterocycles. The summed E-state index contributed by atoms with van der Waals surface area (Å²) in [6.45, 7) is 0. The fourth-order valence-electron chi connectivity index (χ4n) is 3.59. The zero-order valence-electron chi connectivity index (χ0n) is 14.2. The summed E-state index contributed by atoms with van der Waals surface area (Å²) in [6, 6.07) is 16.2. The van der Waals surface area contributed by atoms with E-state index in [4.69, 9.17) is 0 Å². The SMILES string of the molecule is CN(C(=O)c1ccc(-n2cnnc2)cc1)[C@H]1CCCc2ccccc21. The first-order chi connectivity index (χ1) is 12.2. The number of benzene rings is 2. The van der Waals surface area contributed by atoms with Gasteiger partial charge in [0.05, 0.1) is 6.04 Å². The maximum absolute atomic E-state index is 12.9. The molecule has 1 amide bonds. The molecule has 3 aromatic rings. The Morgan fingerprint density at radius 3 is 2.56 bits per heavy atom. The molecule has 0 N–H and O–H groups in total. The Morgan fingerprint density at radius 1 is 1.08 bits per heavy atom. The molecule has 0 saturated heterocycles. The molecule has 1 aromatic heterocycles. The van der Waals surface area contributed by atoms with Crippen molar-refractivity contribution in [3.63, 3.8) is 0 Å². The minimum atomic E-state index is 0.0528. The van der Waals surface area contributed by atoms with Crippen LogP contribution in [0.4, 0.5) is 0 Å².